The summed E-state index contributed by atoms with van der Waals surface area (Å²) >= 11 is 0. The van der Waals surface area contributed by atoms with Gasteiger partial charge in [0.05, 0.1) is 0 Å². The predicted molar refractivity (Wildman–Crippen MR) is 69.0 cm³/mol. The first-order chi connectivity index (χ1) is 9.22. The highest BCUT2D eigenvalue weighted by molar-refractivity contribution is 5.49. The van der Waals surface area contributed by atoms with Crippen LogP contribution in [-0.4, -0.2) is 31.3 Å². The second-order valence-corrected chi connectivity index (χ2v) is 4.31. The number of fused-ring (bicyclic) bond motifs is 1. The van der Waals surface area contributed by atoms with Crippen LogP contribution in [0.4, 0.5) is 5.95 Å². The Morgan fingerprint density at radius 3 is 2.95 bits per heavy atom. The van der Waals surface area contributed by atoms with Gasteiger partial charge in [-0.25, -0.2) is 4.52 Å². The summed E-state index contributed by atoms with van der Waals surface area (Å²) in [6, 6.07) is 3.96. The van der Waals surface area contributed by atoms with Gasteiger partial charge in [-0.05, 0) is 25.5 Å². The Morgan fingerprint density at radius 2 is 2.21 bits per heavy atom. The predicted octanol–water partition coefficient (Wildman–Crippen LogP) is 1.38. The lowest BCUT2D eigenvalue weighted by atomic mass is 10.3. The van der Waals surface area contributed by atoms with Crippen LogP contribution >= 0.6 is 0 Å². The number of aromatic nitrogens is 5. The number of rotatable bonds is 4. The largest absolute Gasteiger partial charge is 0.352 e. The van der Waals surface area contributed by atoms with Gasteiger partial charge in [-0.1, -0.05) is 11.2 Å². The summed E-state index contributed by atoms with van der Waals surface area (Å²) in [5.41, 5.74) is 1.95. The SMILES string of the molecule is Cc1noc(CCNc2nc3c(C)cccn3n2)n1. The zero-order chi connectivity index (χ0) is 13.2. The molecule has 0 spiro atoms. The van der Waals surface area contributed by atoms with Crippen LogP contribution in [0.15, 0.2) is 22.9 Å². The number of hydrogen-bond acceptors (Lipinski definition) is 6. The van der Waals surface area contributed by atoms with E-state index < -0.39 is 0 Å². The molecule has 0 atom stereocenters. The van der Waals surface area contributed by atoms with E-state index in [4.69, 9.17) is 4.52 Å². The van der Waals surface area contributed by atoms with Crippen LogP contribution < -0.4 is 5.32 Å². The van der Waals surface area contributed by atoms with E-state index >= 15 is 0 Å². The maximum atomic E-state index is 5.03. The molecule has 0 bridgehead atoms. The molecule has 0 aliphatic heterocycles. The number of hydrogen-bond donors (Lipinski definition) is 1. The molecule has 19 heavy (non-hydrogen) atoms. The molecule has 7 heteroatoms. The molecule has 3 aromatic heterocycles. The molecular weight excluding hydrogens is 244 g/mol. The summed E-state index contributed by atoms with van der Waals surface area (Å²) in [7, 11) is 0. The Kier molecular flexibility index (Phi) is 2.86. The minimum atomic E-state index is 0.602. The van der Waals surface area contributed by atoms with Gasteiger partial charge in [-0.3, -0.25) is 0 Å². The molecule has 3 rings (SSSR count). The van der Waals surface area contributed by atoms with Crippen molar-refractivity contribution in [2.45, 2.75) is 20.3 Å². The van der Waals surface area contributed by atoms with Crippen molar-refractivity contribution < 1.29 is 4.52 Å². The van der Waals surface area contributed by atoms with E-state index in [1.165, 1.54) is 0 Å². The molecule has 0 fully saturated rings. The van der Waals surface area contributed by atoms with E-state index in [0.29, 0.717) is 30.6 Å². The molecule has 98 valence electrons. The second-order valence-electron chi connectivity index (χ2n) is 4.31. The van der Waals surface area contributed by atoms with Crippen LogP contribution in [0.25, 0.3) is 5.65 Å². The van der Waals surface area contributed by atoms with Crippen LogP contribution in [0.2, 0.25) is 0 Å². The minimum absolute atomic E-state index is 0.602. The normalized spacial score (nSPS) is 11.1. The minimum Gasteiger partial charge on any atom is -0.352 e. The second kappa shape index (κ2) is 4.68. The summed E-state index contributed by atoms with van der Waals surface area (Å²) in [6.07, 6.45) is 2.53. The fourth-order valence-corrected chi connectivity index (χ4v) is 1.84. The van der Waals surface area contributed by atoms with Crippen molar-refractivity contribution in [2.75, 3.05) is 11.9 Å². The molecule has 0 saturated heterocycles. The van der Waals surface area contributed by atoms with Gasteiger partial charge in [-0.15, -0.1) is 5.10 Å². The molecular formula is C12H14N6O. The van der Waals surface area contributed by atoms with Crippen molar-refractivity contribution >= 4 is 11.6 Å². The molecule has 7 nitrogen and oxygen atoms in total. The van der Waals surface area contributed by atoms with Crippen LogP contribution in [0.5, 0.6) is 0 Å². The molecule has 0 unspecified atom stereocenters. The third-order valence-corrected chi connectivity index (χ3v) is 2.75. The Morgan fingerprint density at radius 1 is 1.32 bits per heavy atom. The summed E-state index contributed by atoms with van der Waals surface area (Å²) in [4.78, 5) is 8.56. The molecule has 0 aliphatic carbocycles. The highest BCUT2D eigenvalue weighted by Crippen LogP contribution is 2.09. The smallest absolute Gasteiger partial charge is 0.243 e. The lowest BCUT2D eigenvalue weighted by molar-refractivity contribution is 0.377. The summed E-state index contributed by atoms with van der Waals surface area (Å²) < 4.78 is 6.79. The average Bonchev–Trinajstić information content (AvgIpc) is 2.97. The number of nitrogens with one attached hydrogen (secondary N) is 1. The van der Waals surface area contributed by atoms with Crippen molar-refractivity contribution in [2.24, 2.45) is 0 Å². The Labute approximate surface area is 109 Å². The summed E-state index contributed by atoms with van der Waals surface area (Å²) in [5.74, 6) is 1.87. The zero-order valence-corrected chi connectivity index (χ0v) is 10.8. The molecule has 1 N–H and O–H groups in total. The van der Waals surface area contributed by atoms with Crippen molar-refractivity contribution in [3.63, 3.8) is 0 Å². The standard InChI is InChI=1S/C12H14N6O/c1-8-4-3-7-18-11(8)15-12(16-18)13-6-5-10-14-9(2)17-19-10/h3-4,7H,5-6H2,1-2H3,(H,13,16). The molecule has 0 radical (unpaired) electrons. The number of anilines is 1. The molecule has 3 heterocycles. The zero-order valence-electron chi connectivity index (χ0n) is 10.8. The van der Waals surface area contributed by atoms with Gasteiger partial charge in [-0.2, -0.15) is 9.97 Å². The lowest BCUT2D eigenvalue weighted by Crippen LogP contribution is -2.06. The molecule has 0 aliphatic rings. The first-order valence-corrected chi connectivity index (χ1v) is 6.07. The van der Waals surface area contributed by atoms with E-state index in [2.05, 4.69) is 25.5 Å². The first-order valence-electron chi connectivity index (χ1n) is 6.07. The van der Waals surface area contributed by atoms with Crippen molar-refractivity contribution in [1.82, 2.24) is 24.7 Å². The van der Waals surface area contributed by atoms with Crippen molar-refractivity contribution in [3.05, 3.63) is 35.6 Å². The van der Waals surface area contributed by atoms with Gasteiger partial charge in [0.2, 0.25) is 11.8 Å². The van der Waals surface area contributed by atoms with Crippen LogP contribution in [0, 0.1) is 13.8 Å². The third kappa shape index (κ3) is 2.40. The number of aryl methyl sites for hydroxylation is 2. The van der Waals surface area contributed by atoms with E-state index in [9.17, 15) is 0 Å². The van der Waals surface area contributed by atoms with Crippen LogP contribution in [0.1, 0.15) is 17.3 Å². The lowest BCUT2D eigenvalue weighted by Gasteiger charge is -1.96. The number of pyridine rings is 1. The van der Waals surface area contributed by atoms with E-state index in [-0.39, 0.29) is 0 Å². The van der Waals surface area contributed by atoms with Crippen molar-refractivity contribution in [3.8, 4) is 0 Å². The first kappa shape index (κ1) is 11.6. The van der Waals surface area contributed by atoms with Gasteiger partial charge in [0.1, 0.15) is 0 Å². The quantitative estimate of drug-likeness (QED) is 0.761. The Bertz CT molecular complexity index is 701. The van der Waals surface area contributed by atoms with E-state index in [1.807, 2.05) is 25.3 Å². The summed E-state index contributed by atoms with van der Waals surface area (Å²) in [5, 5.41) is 11.2. The van der Waals surface area contributed by atoms with Gasteiger partial charge in [0.15, 0.2) is 11.5 Å². The fraction of sp³-hybridized carbons (Fsp3) is 0.333. The monoisotopic (exact) mass is 258 g/mol. The molecule has 0 aromatic carbocycles. The fourth-order valence-electron chi connectivity index (χ4n) is 1.84. The Hall–Kier alpha value is -2.44. The topological polar surface area (TPSA) is 81.1 Å². The Balaban J connectivity index is 1.67. The average molecular weight is 258 g/mol. The maximum Gasteiger partial charge on any atom is 0.243 e. The van der Waals surface area contributed by atoms with Gasteiger partial charge in [0, 0.05) is 19.2 Å². The van der Waals surface area contributed by atoms with Gasteiger partial charge >= 0.3 is 0 Å². The van der Waals surface area contributed by atoms with Gasteiger partial charge in [0.25, 0.3) is 0 Å². The third-order valence-electron chi connectivity index (χ3n) is 2.75. The van der Waals surface area contributed by atoms with Crippen molar-refractivity contribution in [1.29, 1.82) is 0 Å². The highest BCUT2D eigenvalue weighted by Gasteiger charge is 2.06. The van der Waals surface area contributed by atoms with Crippen LogP contribution in [0.3, 0.4) is 0 Å². The van der Waals surface area contributed by atoms with E-state index in [1.54, 1.807) is 11.4 Å². The van der Waals surface area contributed by atoms with Gasteiger partial charge < -0.3 is 9.84 Å². The maximum absolute atomic E-state index is 5.03. The molecule has 0 saturated carbocycles. The van der Waals surface area contributed by atoms with E-state index in [0.717, 1.165) is 11.2 Å². The molecule has 0 amide bonds. The summed E-state index contributed by atoms with van der Waals surface area (Å²) in [6.45, 7) is 4.46. The highest BCUT2D eigenvalue weighted by atomic mass is 16.5. The molecule has 3 aromatic rings. The number of nitrogens with zero attached hydrogens (tertiary/aromatic N) is 5. The van der Waals surface area contributed by atoms with Crippen LogP contribution in [-0.2, 0) is 6.42 Å².